The number of aliphatic hydroxyl groups is 4. The summed E-state index contributed by atoms with van der Waals surface area (Å²) in [7, 11) is 0. The van der Waals surface area contributed by atoms with Crippen molar-refractivity contribution in [1.29, 1.82) is 0 Å². The third-order valence-electron chi connectivity index (χ3n) is 1.65. The zero-order chi connectivity index (χ0) is 7.72. The Labute approximate surface area is 57.9 Å². The molecule has 0 aromatic carbocycles. The Bertz CT molecular complexity index is 118. The van der Waals surface area contributed by atoms with Gasteiger partial charge in [0.1, 0.15) is 6.10 Å². The van der Waals surface area contributed by atoms with Gasteiger partial charge in [0.2, 0.25) is 0 Å². The molecule has 5 heteroatoms. The normalized spacial score (nSPS) is 41.1. The molecule has 1 rings (SSSR count). The highest BCUT2D eigenvalue weighted by Gasteiger charge is 2.36. The van der Waals surface area contributed by atoms with E-state index in [1.165, 1.54) is 0 Å². The summed E-state index contributed by atoms with van der Waals surface area (Å²) in [5.41, 5.74) is 0. The summed E-state index contributed by atoms with van der Waals surface area (Å²) in [6.07, 6.45) is -3.60. The van der Waals surface area contributed by atoms with Crippen LogP contribution in [0.15, 0.2) is 0 Å². The molecule has 0 bridgehead atoms. The van der Waals surface area contributed by atoms with Gasteiger partial charge in [-0.2, -0.15) is 0 Å². The molecular formula is C5H11NO4. The van der Waals surface area contributed by atoms with Crippen LogP contribution >= 0.6 is 0 Å². The molecule has 1 heterocycles. The van der Waals surface area contributed by atoms with Crippen molar-refractivity contribution >= 4 is 0 Å². The highest BCUT2D eigenvalue weighted by molar-refractivity contribution is 4.91. The van der Waals surface area contributed by atoms with Gasteiger partial charge in [0.15, 0.2) is 6.29 Å². The number of aliphatic hydroxyl groups excluding tert-OH is 3. The van der Waals surface area contributed by atoms with Crippen molar-refractivity contribution in [3.63, 3.8) is 0 Å². The predicted molar refractivity (Wildman–Crippen MR) is 32.0 cm³/mol. The zero-order valence-electron chi connectivity index (χ0n) is 5.31. The SMILES string of the molecule is OC(O)[C@H]1NC[C@H](O)[C@@H]1O. The third-order valence-corrected chi connectivity index (χ3v) is 1.65. The van der Waals surface area contributed by atoms with Crippen molar-refractivity contribution in [2.75, 3.05) is 6.54 Å². The molecule has 0 saturated carbocycles. The molecule has 1 aliphatic rings. The van der Waals surface area contributed by atoms with Gasteiger partial charge in [-0.3, -0.25) is 0 Å². The molecule has 1 fully saturated rings. The zero-order valence-corrected chi connectivity index (χ0v) is 5.31. The van der Waals surface area contributed by atoms with E-state index >= 15 is 0 Å². The van der Waals surface area contributed by atoms with Crippen molar-refractivity contribution in [3.8, 4) is 0 Å². The molecular weight excluding hydrogens is 138 g/mol. The minimum Gasteiger partial charge on any atom is -0.389 e. The van der Waals surface area contributed by atoms with Crippen LogP contribution < -0.4 is 5.32 Å². The molecule has 5 nitrogen and oxygen atoms in total. The van der Waals surface area contributed by atoms with Crippen LogP contribution in [0.4, 0.5) is 0 Å². The standard InChI is InChI=1S/C5H11NO4/c7-2-1-6-3(4(2)8)5(9)10/h2-10H,1H2/t2-,3-,4-/m0/s1. The van der Waals surface area contributed by atoms with Crippen LogP contribution in [-0.2, 0) is 0 Å². The highest BCUT2D eigenvalue weighted by Crippen LogP contribution is 2.09. The lowest BCUT2D eigenvalue weighted by Gasteiger charge is -2.16. The number of hydrogen-bond donors (Lipinski definition) is 5. The first-order valence-electron chi connectivity index (χ1n) is 3.08. The fraction of sp³-hybridized carbons (Fsp3) is 1.00. The van der Waals surface area contributed by atoms with Gasteiger partial charge in [-0.1, -0.05) is 0 Å². The van der Waals surface area contributed by atoms with E-state index < -0.39 is 24.5 Å². The van der Waals surface area contributed by atoms with E-state index in [-0.39, 0.29) is 6.54 Å². The van der Waals surface area contributed by atoms with Gasteiger partial charge >= 0.3 is 0 Å². The predicted octanol–water partition coefficient (Wildman–Crippen LogP) is -3.01. The van der Waals surface area contributed by atoms with Gasteiger partial charge in [0.05, 0.1) is 12.1 Å². The second kappa shape index (κ2) is 2.81. The maximum absolute atomic E-state index is 9.00. The average molecular weight is 149 g/mol. The first-order chi connectivity index (χ1) is 4.63. The first-order valence-corrected chi connectivity index (χ1v) is 3.08. The van der Waals surface area contributed by atoms with Gasteiger partial charge in [0.25, 0.3) is 0 Å². The molecule has 5 N–H and O–H groups in total. The van der Waals surface area contributed by atoms with E-state index in [0.29, 0.717) is 0 Å². The Kier molecular flexibility index (Phi) is 2.22. The summed E-state index contributed by atoms with van der Waals surface area (Å²) in [5, 5.41) is 37.6. The summed E-state index contributed by atoms with van der Waals surface area (Å²) in [6.45, 7) is 0.198. The monoisotopic (exact) mass is 149 g/mol. The summed E-state index contributed by atoms with van der Waals surface area (Å²) in [6, 6.07) is -0.824. The Hall–Kier alpha value is -0.200. The average Bonchev–Trinajstić information content (AvgIpc) is 2.14. The Morgan fingerprint density at radius 1 is 1.30 bits per heavy atom. The van der Waals surface area contributed by atoms with Crippen LogP contribution in [0.1, 0.15) is 0 Å². The maximum Gasteiger partial charge on any atom is 0.169 e. The van der Waals surface area contributed by atoms with Gasteiger partial charge < -0.3 is 25.7 Å². The van der Waals surface area contributed by atoms with Crippen molar-refractivity contribution < 1.29 is 20.4 Å². The Morgan fingerprint density at radius 3 is 2.10 bits per heavy atom. The van der Waals surface area contributed by atoms with Gasteiger partial charge in [0, 0.05) is 6.54 Å². The van der Waals surface area contributed by atoms with Crippen LogP contribution in [0.25, 0.3) is 0 Å². The molecule has 0 spiro atoms. The number of rotatable bonds is 1. The molecule has 1 saturated heterocycles. The summed E-state index contributed by atoms with van der Waals surface area (Å²) >= 11 is 0. The molecule has 3 atom stereocenters. The molecule has 0 amide bonds. The fourth-order valence-electron chi connectivity index (χ4n) is 1.02. The third kappa shape index (κ3) is 1.28. The van der Waals surface area contributed by atoms with Crippen molar-refractivity contribution in [2.24, 2.45) is 0 Å². The van der Waals surface area contributed by atoms with E-state index in [1.54, 1.807) is 0 Å². The van der Waals surface area contributed by atoms with Gasteiger partial charge in [-0.15, -0.1) is 0 Å². The second-order valence-corrected chi connectivity index (χ2v) is 2.41. The quantitative estimate of drug-likeness (QED) is 0.256. The minimum atomic E-state index is -1.62. The van der Waals surface area contributed by atoms with E-state index in [1.807, 2.05) is 0 Å². The van der Waals surface area contributed by atoms with Crippen LogP contribution in [0.5, 0.6) is 0 Å². The number of β-amino-alcohol motifs (C(OH)–C–C–N with tert-alkyl or cyclic N) is 1. The molecule has 0 aromatic heterocycles. The molecule has 0 aliphatic carbocycles. The smallest absolute Gasteiger partial charge is 0.169 e. The van der Waals surface area contributed by atoms with Crippen molar-refractivity contribution in [3.05, 3.63) is 0 Å². The first kappa shape index (κ1) is 7.90. The molecule has 10 heavy (non-hydrogen) atoms. The minimum absolute atomic E-state index is 0.198. The van der Waals surface area contributed by atoms with Crippen molar-refractivity contribution in [1.82, 2.24) is 5.32 Å². The maximum atomic E-state index is 9.00. The topological polar surface area (TPSA) is 93.0 Å². The van der Waals surface area contributed by atoms with Gasteiger partial charge in [-0.05, 0) is 0 Å². The molecule has 1 aliphatic heterocycles. The van der Waals surface area contributed by atoms with E-state index in [9.17, 15) is 0 Å². The van der Waals surface area contributed by atoms with Crippen LogP contribution in [-0.4, -0.2) is 51.5 Å². The lowest BCUT2D eigenvalue weighted by atomic mass is 10.1. The summed E-state index contributed by atoms with van der Waals surface area (Å²) < 4.78 is 0. The Morgan fingerprint density at radius 2 is 1.90 bits per heavy atom. The summed E-state index contributed by atoms with van der Waals surface area (Å²) in [5.74, 6) is 0. The number of nitrogens with one attached hydrogen (secondary N) is 1. The second-order valence-electron chi connectivity index (χ2n) is 2.41. The van der Waals surface area contributed by atoms with E-state index in [0.717, 1.165) is 0 Å². The molecule has 0 unspecified atom stereocenters. The van der Waals surface area contributed by atoms with Crippen LogP contribution in [0.3, 0.4) is 0 Å². The van der Waals surface area contributed by atoms with Crippen molar-refractivity contribution in [2.45, 2.75) is 24.5 Å². The molecule has 0 radical (unpaired) electrons. The van der Waals surface area contributed by atoms with Crippen LogP contribution in [0.2, 0.25) is 0 Å². The highest BCUT2D eigenvalue weighted by atomic mass is 16.5. The largest absolute Gasteiger partial charge is 0.389 e. The lowest BCUT2D eigenvalue weighted by Crippen LogP contribution is -2.42. The molecule has 0 aromatic rings. The summed E-state index contributed by atoms with van der Waals surface area (Å²) in [4.78, 5) is 0. The van der Waals surface area contributed by atoms with Gasteiger partial charge in [-0.25, -0.2) is 0 Å². The fourth-order valence-corrected chi connectivity index (χ4v) is 1.02. The molecule has 60 valence electrons. The number of hydrogen-bond acceptors (Lipinski definition) is 5. The Balaban J connectivity index is 2.49. The van der Waals surface area contributed by atoms with Crippen LogP contribution in [0, 0.1) is 0 Å². The lowest BCUT2D eigenvalue weighted by molar-refractivity contribution is -0.0954. The van der Waals surface area contributed by atoms with E-state index in [2.05, 4.69) is 5.32 Å². The van der Waals surface area contributed by atoms with E-state index in [4.69, 9.17) is 20.4 Å².